The lowest BCUT2D eigenvalue weighted by molar-refractivity contribution is -0.138. The number of rotatable bonds is 4. The fourth-order valence-electron chi connectivity index (χ4n) is 2.39. The molecule has 0 saturated carbocycles. The van der Waals surface area contributed by atoms with Crippen molar-refractivity contribution in [2.45, 2.75) is 37.2 Å². The van der Waals surface area contributed by atoms with Gasteiger partial charge in [-0.3, -0.25) is 0 Å². The summed E-state index contributed by atoms with van der Waals surface area (Å²) in [5, 5.41) is 3.18. The van der Waals surface area contributed by atoms with Crippen LogP contribution < -0.4 is 5.32 Å². The quantitative estimate of drug-likeness (QED) is 0.896. The molecule has 0 aromatic heterocycles. The molecular formula is C14H18F3NS. The molecule has 1 aromatic rings. The van der Waals surface area contributed by atoms with E-state index in [9.17, 15) is 13.2 Å². The standard InChI is InChI=1S/C14H18F3NS/c1-13(7-4-8-19-13)10-18-9-11-5-2-3-6-12(11)14(15,16)17/h2-3,5-6,18H,4,7-10H2,1H3. The van der Waals surface area contributed by atoms with E-state index >= 15 is 0 Å². The average molecular weight is 289 g/mol. The molecule has 1 N–H and O–H groups in total. The Kier molecular flexibility index (Phi) is 4.46. The summed E-state index contributed by atoms with van der Waals surface area (Å²) >= 11 is 1.90. The Morgan fingerprint density at radius 3 is 2.68 bits per heavy atom. The van der Waals surface area contributed by atoms with Crippen LogP contribution in [-0.2, 0) is 12.7 Å². The van der Waals surface area contributed by atoms with Crippen LogP contribution in [0, 0.1) is 0 Å². The molecule has 1 aromatic carbocycles. The molecule has 0 aliphatic carbocycles. The predicted octanol–water partition coefficient (Wildman–Crippen LogP) is 4.08. The van der Waals surface area contributed by atoms with Gasteiger partial charge < -0.3 is 5.32 Å². The third kappa shape index (κ3) is 3.89. The average Bonchev–Trinajstić information content (AvgIpc) is 2.76. The highest BCUT2D eigenvalue weighted by Gasteiger charge is 2.33. The van der Waals surface area contributed by atoms with Crippen LogP contribution in [-0.4, -0.2) is 17.0 Å². The molecule has 0 radical (unpaired) electrons. The van der Waals surface area contributed by atoms with Gasteiger partial charge >= 0.3 is 6.18 Å². The van der Waals surface area contributed by atoms with Crippen molar-refractivity contribution in [3.63, 3.8) is 0 Å². The molecular weight excluding hydrogens is 271 g/mol. The molecule has 0 spiro atoms. The molecule has 19 heavy (non-hydrogen) atoms. The van der Waals surface area contributed by atoms with E-state index in [0.717, 1.165) is 24.8 Å². The lowest BCUT2D eigenvalue weighted by Gasteiger charge is -2.23. The maximum Gasteiger partial charge on any atom is 0.416 e. The highest BCUT2D eigenvalue weighted by Crippen LogP contribution is 2.37. The van der Waals surface area contributed by atoms with Gasteiger partial charge in [0.1, 0.15) is 0 Å². The van der Waals surface area contributed by atoms with Crippen LogP contribution in [0.15, 0.2) is 24.3 Å². The summed E-state index contributed by atoms with van der Waals surface area (Å²) in [5.41, 5.74) is -0.215. The van der Waals surface area contributed by atoms with Gasteiger partial charge in [-0.05, 0) is 37.1 Å². The highest BCUT2D eigenvalue weighted by molar-refractivity contribution is 8.00. The van der Waals surface area contributed by atoms with Gasteiger partial charge in [-0.2, -0.15) is 24.9 Å². The summed E-state index contributed by atoms with van der Waals surface area (Å²) in [6, 6.07) is 5.77. The zero-order chi connectivity index (χ0) is 13.9. The first-order valence-corrected chi connectivity index (χ1v) is 7.39. The lowest BCUT2D eigenvalue weighted by Crippen LogP contribution is -2.33. The zero-order valence-corrected chi connectivity index (χ0v) is 11.7. The fourth-order valence-corrected chi connectivity index (χ4v) is 3.66. The van der Waals surface area contributed by atoms with Gasteiger partial charge in [0.25, 0.3) is 0 Å². The summed E-state index contributed by atoms with van der Waals surface area (Å²) in [4.78, 5) is 0. The van der Waals surface area contributed by atoms with E-state index in [1.165, 1.54) is 12.5 Å². The van der Waals surface area contributed by atoms with Gasteiger partial charge in [0.15, 0.2) is 0 Å². The molecule has 0 bridgehead atoms. The van der Waals surface area contributed by atoms with Crippen molar-refractivity contribution in [3.05, 3.63) is 35.4 Å². The van der Waals surface area contributed by atoms with E-state index in [0.29, 0.717) is 5.56 Å². The van der Waals surface area contributed by atoms with Crippen molar-refractivity contribution >= 4 is 11.8 Å². The van der Waals surface area contributed by atoms with Crippen LogP contribution in [0.25, 0.3) is 0 Å². The van der Waals surface area contributed by atoms with E-state index < -0.39 is 11.7 Å². The van der Waals surface area contributed by atoms with E-state index in [2.05, 4.69) is 12.2 Å². The summed E-state index contributed by atoms with van der Waals surface area (Å²) < 4.78 is 38.6. The lowest BCUT2D eigenvalue weighted by atomic mass is 10.0. The van der Waals surface area contributed by atoms with E-state index in [4.69, 9.17) is 0 Å². The Bertz CT molecular complexity index is 425. The summed E-state index contributed by atoms with van der Waals surface area (Å²) in [6.45, 7) is 3.20. The van der Waals surface area contributed by atoms with Crippen molar-refractivity contribution in [2.75, 3.05) is 12.3 Å². The van der Waals surface area contributed by atoms with Crippen molar-refractivity contribution in [3.8, 4) is 0 Å². The third-order valence-corrected chi connectivity index (χ3v) is 4.98. The summed E-state index contributed by atoms with van der Waals surface area (Å²) in [5.74, 6) is 1.15. The van der Waals surface area contributed by atoms with Crippen molar-refractivity contribution in [2.24, 2.45) is 0 Å². The number of benzene rings is 1. The number of hydrogen-bond donors (Lipinski definition) is 1. The zero-order valence-electron chi connectivity index (χ0n) is 10.9. The molecule has 1 fully saturated rings. The molecule has 1 atom stereocenters. The monoisotopic (exact) mass is 289 g/mol. The molecule has 0 amide bonds. The molecule has 1 heterocycles. The van der Waals surface area contributed by atoms with Crippen molar-refractivity contribution in [1.82, 2.24) is 5.32 Å². The normalized spacial score (nSPS) is 23.8. The van der Waals surface area contributed by atoms with Crippen LogP contribution in [0.2, 0.25) is 0 Å². The third-order valence-electron chi connectivity index (χ3n) is 3.44. The van der Waals surface area contributed by atoms with E-state index in [1.54, 1.807) is 12.1 Å². The number of hydrogen-bond acceptors (Lipinski definition) is 2. The SMILES string of the molecule is CC1(CNCc2ccccc2C(F)(F)F)CCCS1. The van der Waals surface area contributed by atoms with Gasteiger partial charge in [0.05, 0.1) is 5.56 Å². The van der Waals surface area contributed by atoms with Gasteiger partial charge in [-0.1, -0.05) is 18.2 Å². The Morgan fingerprint density at radius 2 is 2.05 bits per heavy atom. The Balaban J connectivity index is 1.96. The predicted molar refractivity (Wildman–Crippen MR) is 73.2 cm³/mol. The maximum absolute atomic E-state index is 12.8. The number of alkyl halides is 3. The smallest absolute Gasteiger partial charge is 0.311 e. The van der Waals surface area contributed by atoms with Crippen molar-refractivity contribution < 1.29 is 13.2 Å². The first kappa shape index (κ1) is 14.7. The Hall–Kier alpha value is -0.680. The first-order valence-electron chi connectivity index (χ1n) is 6.40. The molecule has 106 valence electrons. The minimum atomic E-state index is -4.27. The molecule has 1 aliphatic rings. The maximum atomic E-state index is 12.8. The highest BCUT2D eigenvalue weighted by atomic mass is 32.2. The summed E-state index contributed by atoms with van der Waals surface area (Å²) in [6.07, 6.45) is -1.95. The second-order valence-corrected chi connectivity index (χ2v) is 6.84. The molecule has 1 nitrogen and oxygen atoms in total. The molecule has 1 unspecified atom stereocenters. The molecule has 1 aliphatic heterocycles. The Morgan fingerprint density at radius 1 is 1.32 bits per heavy atom. The van der Waals surface area contributed by atoms with E-state index in [1.807, 2.05) is 11.8 Å². The largest absolute Gasteiger partial charge is 0.416 e. The number of thioether (sulfide) groups is 1. The van der Waals surface area contributed by atoms with Gasteiger partial charge in [0.2, 0.25) is 0 Å². The second-order valence-electron chi connectivity index (χ2n) is 5.16. The van der Waals surface area contributed by atoms with E-state index in [-0.39, 0.29) is 11.3 Å². The number of nitrogens with one attached hydrogen (secondary N) is 1. The first-order chi connectivity index (χ1) is 8.91. The topological polar surface area (TPSA) is 12.0 Å². The molecule has 5 heteroatoms. The van der Waals surface area contributed by atoms with Crippen molar-refractivity contribution in [1.29, 1.82) is 0 Å². The summed E-state index contributed by atoms with van der Waals surface area (Å²) in [7, 11) is 0. The minimum absolute atomic E-state index is 0.174. The van der Waals surface area contributed by atoms with Gasteiger partial charge in [-0.15, -0.1) is 0 Å². The fraction of sp³-hybridized carbons (Fsp3) is 0.571. The van der Waals surface area contributed by atoms with Crippen LogP contribution in [0.3, 0.4) is 0 Å². The Labute approximate surface area is 116 Å². The molecule has 1 saturated heterocycles. The van der Waals surface area contributed by atoms with Crippen LogP contribution >= 0.6 is 11.8 Å². The van der Waals surface area contributed by atoms with Crippen LogP contribution in [0.4, 0.5) is 13.2 Å². The molecule has 2 rings (SSSR count). The number of halogens is 3. The van der Waals surface area contributed by atoms with Gasteiger partial charge in [-0.25, -0.2) is 0 Å². The van der Waals surface area contributed by atoms with Crippen LogP contribution in [0.5, 0.6) is 0 Å². The second kappa shape index (κ2) is 5.75. The minimum Gasteiger partial charge on any atom is -0.311 e. The van der Waals surface area contributed by atoms with Crippen LogP contribution in [0.1, 0.15) is 30.9 Å². The van der Waals surface area contributed by atoms with Gasteiger partial charge in [0, 0.05) is 17.8 Å².